The molecule has 0 saturated carbocycles. The number of methoxy groups -OCH3 is 1. The van der Waals surface area contributed by atoms with Gasteiger partial charge < -0.3 is 23.8 Å². The number of carbonyl (C=O) groups is 2. The second-order valence-electron chi connectivity index (χ2n) is 5.46. The normalized spacial score (nSPS) is 10.8. The van der Waals surface area contributed by atoms with Crippen molar-refractivity contribution in [2.24, 2.45) is 0 Å². The van der Waals surface area contributed by atoms with Gasteiger partial charge in [-0.1, -0.05) is 48.9 Å². The molecular formula is C22H24O6SW. The summed E-state index contributed by atoms with van der Waals surface area (Å²) in [6.45, 7) is 3.43. The number of ether oxygens (including phenoxy) is 2. The first-order valence-electron chi connectivity index (χ1n) is 8.40. The molecule has 0 fully saturated rings. The molecule has 0 saturated heterocycles. The van der Waals surface area contributed by atoms with Crippen LogP contribution in [0.25, 0.3) is 11.1 Å². The van der Waals surface area contributed by atoms with Gasteiger partial charge in [0.25, 0.3) is 5.97 Å². The molecule has 8 heteroatoms. The van der Waals surface area contributed by atoms with Gasteiger partial charge in [-0.2, -0.15) is 4.33 Å². The molecule has 0 aliphatic carbocycles. The van der Waals surface area contributed by atoms with Crippen molar-refractivity contribution in [3.63, 3.8) is 0 Å². The second kappa shape index (κ2) is 15.0. The third-order valence-corrected chi connectivity index (χ3v) is 4.41. The SMILES string of the molecule is [CH2-]CC(=O)OC/C(=C(\C(=O)OC)c1ccccc1)c1ccc(SOOC)cc1.[CH3-].[W+2]. The van der Waals surface area contributed by atoms with Gasteiger partial charge in [0.2, 0.25) is 0 Å². The average molecular weight is 600 g/mol. The molecule has 0 bridgehead atoms. The maximum absolute atomic E-state index is 12.6. The predicted octanol–water partition coefficient (Wildman–Crippen LogP) is 4.57. The zero-order valence-electron chi connectivity index (χ0n) is 17.1. The molecule has 0 aliphatic rings. The molecule has 0 aliphatic heterocycles. The molecule has 0 aromatic heterocycles. The minimum atomic E-state index is -0.520. The maximum atomic E-state index is 12.6. The van der Waals surface area contributed by atoms with Crippen molar-refractivity contribution in [3.8, 4) is 0 Å². The summed E-state index contributed by atoms with van der Waals surface area (Å²) >= 11 is 1.05. The van der Waals surface area contributed by atoms with E-state index in [-0.39, 0.29) is 41.5 Å². The largest absolute Gasteiger partial charge is 2.00 e. The van der Waals surface area contributed by atoms with Crippen LogP contribution >= 0.6 is 12.0 Å². The third-order valence-electron chi connectivity index (χ3n) is 3.74. The van der Waals surface area contributed by atoms with Gasteiger partial charge in [0.15, 0.2) is 0 Å². The zero-order chi connectivity index (χ0) is 20.4. The van der Waals surface area contributed by atoms with E-state index in [2.05, 4.69) is 11.8 Å². The molecule has 2 aromatic rings. The van der Waals surface area contributed by atoms with Crippen LogP contribution in [0.15, 0.2) is 59.5 Å². The Morgan fingerprint density at radius 3 is 2.13 bits per heavy atom. The van der Waals surface area contributed by atoms with E-state index in [1.54, 1.807) is 24.3 Å². The van der Waals surface area contributed by atoms with Gasteiger partial charge in [-0.25, -0.2) is 9.68 Å². The molecule has 0 heterocycles. The molecule has 0 unspecified atom stereocenters. The maximum Gasteiger partial charge on any atom is 2.00 e. The molecule has 0 radical (unpaired) electrons. The van der Waals surface area contributed by atoms with E-state index >= 15 is 0 Å². The van der Waals surface area contributed by atoms with Gasteiger partial charge in [-0.05, 0) is 23.3 Å². The van der Waals surface area contributed by atoms with E-state index < -0.39 is 11.9 Å². The standard InChI is InChI=1S/C21H21O6S.CH3.W/c1-4-19(22)26-14-18(15-10-12-17(13-11-15)28-27-25-3)20(21(23)24-2)16-8-6-5-7-9-16;;/h5-13H,1,4,14H2,2-3H3;1H3;/q2*-1;+2/b20-18+;;. The zero-order valence-corrected chi connectivity index (χ0v) is 20.8. The number of esters is 2. The summed E-state index contributed by atoms with van der Waals surface area (Å²) in [6, 6.07) is 16.3. The van der Waals surface area contributed by atoms with Gasteiger partial charge in [0.1, 0.15) is 6.61 Å². The molecular weight excluding hydrogens is 576 g/mol. The van der Waals surface area contributed by atoms with E-state index in [0.29, 0.717) is 22.3 Å². The Labute approximate surface area is 196 Å². The third kappa shape index (κ3) is 8.07. The van der Waals surface area contributed by atoms with Gasteiger partial charge in [0, 0.05) is 10.5 Å². The van der Waals surface area contributed by atoms with Crippen molar-refractivity contribution in [1.29, 1.82) is 0 Å². The Morgan fingerprint density at radius 1 is 0.967 bits per heavy atom. The second-order valence-corrected chi connectivity index (χ2v) is 6.24. The van der Waals surface area contributed by atoms with Crippen LogP contribution in [-0.4, -0.2) is 32.8 Å². The van der Waals surface area contributed by atoms with Crippen LogP contribution in [0.4, 0.5) is 0 Å². The van der Waals surface area contributed by atoms with E-state index in [4.69, 9.17) is 13.8 Å². The van der Waals surface area contributed by atoms with Crippen LogP contribution in [0.1, 0.15) is 17.5 Å². The summed E-state index contributed by atoms with van der Waals surface area (Å²) in [4.78, 5) is 29.6. The van der Waals surface area contributed by atoms with Crippen molar-refractivity contribution >= 4 is 35.1 Å². The fraction of sp³-hybridized carbons (Fsp3) is 0.182. The Bertz CT molecular complexity index is 821. The predicted molar refractivity (Wildman–Crippen MR) is 113 cm³/mol. The van der Waals surface area contributed by atoms with Gasteiger partial charge in [0.05, 0.1) is 31.8 Å². The van der Waals surface area contributed by atoms with Crippen LogP contribution in [0.2, 0.25) is 0 Å². The van der Waals surface area contributed by atoms with E-state index in [1.807, 2.05) is 30.3 Å². The Kier molecular flexibility index (Phi) is 14.0. The topological polar surface area (TPSA) is 71.1 Å². The molecule has 0 amide bonds. The molecule has 0 N–H and O–H groups in total. The summed E-state index contributed by atoms with van der Waals surface area (Å²) in [7, 11) is 2.73. The van der Waals surface area contributed by atoms with Crippen LogP contribution in [0.3, 0.4) is 0 Å². The number of carbonyl (C=O) groups excluding carboxylic acids is 2. The summed E-state index contributed by atoms with van der Waals surface area (Å²) in [5.74, 6) is -0.983. The summed E-state index contributed by atoms with van der Waals surface area (Å²) in [5.41, 5.74) is 2.23. The average Bonchev–Trinajstić information content (AvgIpc) is 2.75. The fourth-order valence-corrected chi connectivity index (χ4v) is 2.83. The van der Waals surface area contributed by atoms with Gasteiger partial charge in [-0.3, -0.25) is 4.79 Å². The first-order chi connectivity index (χ1) is 13.6. The van der Waals surface area contributed by atoms with Crippen molar-refractivity contribution in [3.05, 3.63) is 80.1 Å². The van der Waals surface area contributed by atoms with Crippen LogP contribution < -0.4 is 0 Å². The summed E-state index contributed by atoms with van der Waals surface area (Å²) in [6.07, 6.45) is -0.00386. The van der Waals surface area contributed by atoms with Crippen molar-refractivity contribution in [2.45, 2.75) is 11.3 Å². The minimum absolute atomic E-state index is 0. The molecule has 30 heavy (non-hydrogen) atoms. The monoisotopic (exact) mass is 600 g/mol. The first kappa shape index (κ1) is 28.1. The molecule has 160 valence electrons. The molecule has 2 rings (SSSR count). The van der Waals surface area contributed by atoms with Crippen LogP contribution in [-0.2, 0) is 49.3 Å². The number of benzene rings is 2. The molecule has 2 aromatic carbocycles. The summed E-state index contributed by atoms with van der Waals surface area (Å²) < 4.78 is 15.1. The van der Waals surface area contributed by atoms with Gasteiger partial charge in [-0.15, -0.1) is 0 Å². The molecule has 0 atom stereocenters. The summed E-state index contributed by atoms with van der Waals surface area (Å²) in [5, 5.41) is 0. The van der Waals surface area contributed by atoms with Crippen molar-refractivity contribution in [2.75, 3.05) is 20.8 Å². The van der Waals surface area contributed by atoms with E-state index in [0.717, 1.165) is 16.9 Å². The van der Waals surface area contributed by atoms with Crippen molar-refractivity contribution < 1.29 is 49.3 Å². The first-order valence-corrected chi connectivity index (χ1v) is 9.14. The fourth-order valence-electron chi connectivity index (χ4n) is 2.43. The van der Waals surface area contributed by atoms with E-state index in [1.165, 1.54) is 14.2 Å². The molecule has 6 nitrogen and oxygen atoms in total. The van der Waals surface area contributed by atoms with E-state index in [9.17, 15) is 9.59 Å². The number of hydrogen-bond donors (Lipinski definition) is 0. The van der Waals surface area contributed by atoms with Crippen LogP contribution in [0, 0.1) is 14.4 Å². The molecule has 0 spiro atoms. The quantitative estimate of drug-likeness (QED) is 0.0795. The number of hydrogen-bond acceptors (Lipinski definition) is 7. The van der Waals surface area contributed by atoms with Gasteiger partial charge >= 0.3 is 27.0 Å². The number of rotatable bonds is 9. The Morgan fingerprint density at radius 2 is 1.60 bits per heavy atom. The van der Waals surface area contributed by atoms with Crippen molar-refractivity contribution in [1.82, 2.24) is 0 Å². The Hall–Kier alpha value is -1.92. The minimum Gasteiger partial charge on any atom is -0.465 e. The Balaban J connectivity index is 0.00000420. The smallest absolute Gasteiger partial charge is 0.465 e. The van der Waals surface area contributed by atoms with Crippen LogP contribution in [0.5, 0.6) is 0 Å².